The maximum Gasteiger partial charge on any atom is 0.244 e. The molecule has 1 aliphatic rings. The van der Waals surface area contributed by atoms with Gasteiger partial charge in [-0.1, -0.05) is 30.3 Å². The van der Waals surface area contributed by atoms with Gasteiger partial charge < -0.3 is 5.32 Å². The van der Waals surface area contributed by atoms with Gasteiger partial charge in [0.25, 0.3) is 0 Å². The minimum Gasteiger partial charge on any atom is -0.303 e. The molecule has 1 saturated heterocycles. The molecule has 0 unspecified atom stereocenters. The first-order chi connectivity index (χ1) is 10.1. The number of nitrogens with one attached hydrogen (secondary N) is 1. The van der Waals surface area contributed by atoms with E-state index in [0.29, 0.717) is 18.1 Å². The summed E-state index contributed by atoms with van der Waals surface area (Å²) >= 11 is 0. The third-order valence-electron chi connectivity index (χ3n) is 4.02. The van der Waals surface area contributed by atoms with Crippen LogP contribution in [0.15, 0.2) is 41.3 Å². The molecule has 0 spiro atoms. The van der Waals surface area contributed by atoms with Gasteiger partial charge in [-0.2, -0.15) is 4.31 Å². The molecule has 0 aromatic heterocycles. The topological polar surface area (TPSA) is 49.4 Å². The molecule has 0 saturated carbocycles. The van der Waals surface area contributed by atoms with E-state index in [1.807, 2.05) is 37.3 Å². The molecular formula is C16H20N2O2S. The fourth-order valence-electron chi connectivity index (χ4n) is 2.83. The first-order valence-corrected chi connectivity index (χ1v) is 8.74. The van der Waals surface area contributed by atoms with Gasteiger partial charge in [-0.15, -0.1) is 0 Å². The molecule has 112 valence electrons. The van der Waals surface area contributed by atoms with Crippen molar-refractivity contribution in [2.24, 2.45) is 0 Å². The monoisotopic (exact) mass is 304 g/mol. The molecule has 5 heteroatoms. The number of fused-ring (bicyclic) bond motifs is 1. The minimum atomic E-state index is -3.46. The third kappa shape index (κ3) is 2.69. The molecule has 0 bridgehead atoms. The average Bonchev–Trinajstić information content (AvgIpc) is 2.77. The lowest BCUT2D eigenvalue weighted by Gasteiger charge is -2.21. The van der Waals surface area contributed by atoms with Gasteiger partial charge in [0.05, 0.1) is 11.6 Å². The lowest BCUT2D eigenvalue weighted by atomic mass is 10.1. The third-order valence-corrected chi connectivity index (χ3v) is 5.92. The molecule has 1 N–H and O–H groups in total. The summed E-state index contributed by atoms with van der Waals surface area (Å²) in [5.74, 6) is 0. The van der Waals surface area contributed by atoms with E-state index in [4.69, 9.17) is 0 Å². The number of rotatable bonds is 2. The second kappa shape index (κ2) is 5.75. The van der Waals surface area contributed by atoms with Crippen LogP contribution in [0.25, 0.3) is 10.8 Å². The summed E-state index contributed by atoms with van der Waals surface area (Å²) in [4.78, 5) is 0.410. The van der Waals surface area contributed by atoms with Crippen LogP contribution >= 0.6 is 0 Å². The van der Waals surface area contributed by atoms with Crippen LogP contribution in [0.2, 0.25) is 0 Å². The largest absolute Gasteiger partial charge is 0.303 e. The molecule has 21 heavy (non-hydrogen) atoms. The maximum absolute atomic E-state index is 13.0. The molecule has 4 nitrogen and oxygen atoms in total. The summed E-state index contributed by atoms with van der Waals surface area (Å²) in [6.07, 6.45) is 1.91. The molecule has 1 heterocycles. The van der Waals surface area contributed by atoms with Crippen LogP contribution in [0.4, 0.5) is 0 Å². The Balaban J connectivity index is 2.12. The van der Waals surface area contributed by atoms with Gasteiger partial charge in [0.2, 0.25) is 10.0 Å². The number of hydrogen-bond donors (Lipinski definition) is 1. The van der Waals surface area contributed by atoms with Crippen molar-refractivity contribution in [3.8, 4) is 0 Å². The molecule has 0 amide bonds. The van der Waals surface area contributed by atoms with Crippen LogP contribution in [-0.2, 0) is 10.0 Å². The number of hydrogen-bond acceptors (Lipinski definition) is 3. The van der Waals surface area contributed by atoms with E-state index in [0.717, 1.165) is 35.7 Å². The predicted molar refractivity (Wildman–Crippen MR) is 84.7 cm³/mol. The SMILES string of the molecule is Cc1cccc2c(S(=O)(=O)N3CCCCNC3)cccc12. The van der Waals surface area contributed by atoms with Crippen LogP contribution < -0.4 is 5.32 Å². The highest BCUT2D eigenvalue weighted by Crippen LogP contribution is 2.27. The maximum atomic E-state index is 13.0. The molecule has 0 radical (unpaired) electrons. The Labute approximate surface area is 125 Å². The van der Waals surface area contributed by atoms with Crippen molar-refractivity contribution in [1.29, 1.82) is 0 Å². The summed E-state index contributed by atoms with van der Waals surface area (Å²) in [6.45, 7) is 3.86. The zero-order valence-corrected chi connectivity index (χ0v) is 13.0. The van der Waals surface area contributed by atoms with Crippen molar-refractivity contribution in [2.75, 3.05) is 19.8 Å². The Kier molecular flexibility index (Phi) is 3.97. The second-order valence-corrected chi connectivity index (χ2v) is 7.38. The molecule has 0 atom stereocenters. The van der Waals surface area contributed by atoms with Crippen molar-refractivity contribution in [3.05, 3.63) is 42.0 Å². The van der Waals surface area contributed by atoms with E-state index in [1.165, 1.54) is 0 Å². The van der Waals surface area contributed by atoms with Crippen molar-refractivity contribution in [1.82, 2.24) is 9.62 Å². The molecule has 3 rings (SSSR count). The smallest absolute Gasteiger partial charge is 0.244 e. The van der Waals surface area contributed by atoms with Gasteiger partial charge in [0.1, 0.15) is 0 Å². The van der Waals surface area contributed by atoms with Gasteiger partial charge in [0, 0.05) is 11.9 Å². The zero-order chi connectivity index (χ0) is 14.9. The van der Waals surface area contributed by atoms with Crippen molar-refractivity contribution in [2.45, 2.75) is 24.7 Å². The number of nitrogens with zero attached hydrogens (tertiary/aromatic N) is 1. The normalized spacial score (nSPS) is 17.8. The predicted octanol–water partition coefficient (Wildman–Crippen LogP) is 2.48. The van der Waals surface area contributed by atoms with Crippen LogP contribution in [-0.4, -0.2) is 32.5 Å². The Bertz CT molecular complexity index is 748. The van der Waals surface area contributed by atoms with Crippen LogP contribution in [0, 0.1) is 6.92 Å². The first-order valence-electron chi connectivity index (χ1n) is 7.30. The highest BCUT2D eigenvalue weighted by Gasteiger charge is 2.26. The molecule has 2 aromatic carbocycles. The molecule has 0 aliphatic carbocycles. The fourth-order valence-corrected chi connectivity index (χ4v) is 4.44. The summed E-state index contributed by atoms with van der Waals surface area (Å²) in [5.41, 5.74) is 1.10. The standard InChI is InChI=1S/C16H20N2O2S/c1-13-6-4-8-15-14(13)7-5-9-16(15)21(19,20)18-11-3-2-10-17-12-18/h4-9,17H,2-3,10-12H2,1H3. The van der Waals surface area contributed by atoms with Crippen LogP contribution in [0.5, 0.6) is 0 Å². The Hall–Kier alpha value is -1.43. The lowest BCUT2D eigenvalue weighted by molar-refractivity contribution is 0.408. The number of aryl methyl sites for hydroxylation is 1. The van der Waals surface area contributed by atoms with Crippen LogP contribution in [0.3, 0.4) is 0 Å². The Morgan fingerprint density at radius 1 is 1.05 bits per heavy atom. The lowest BCUT2D eigenvalue weighted by Crippen LogP contribution is -2.37. The molecule has 2 aromatic rings. The Morgan fingerprint density at radius 2 is 1.81 bits per heavy atom. The van der Waals surface area contributed by atoms with Crippen molar-refractivity contribution < 1.29 is 8.42 Å². The zero-order valence-electron chi connectivity index (χ0n) is 12.2. The van der Waals surface area contributed by atoms with E-state index < -0.39 is 10.0 Å². The summed E-state index contributed by atoms with van der Waals surface area (Å²) < 4.78 is 27.5. The quantitative estimate of drug-likeness (QED) is 0.927. The van der Waals surface area contributed by atoms with E-state index in [9.17, 15) is 8.42 Å². The van der Waals surface area contributed by atoms with Gasteiger partial charge in [-0.05, 0) is 43.3 Å². The highest BCUT2D eigenvalue weighted by molar-refractivity contribution is 7.89. The summed E-state index contributed by atoms with van der Waals surface area (Å²) in [6, 6.07) is 11.3. The van der Waals surface area contributed by atoms with Gasteiger partial charge >= 0.3 is 0 Å². The van der Waals surface area contributed by atoms with Crippen molar-refractivity contribution >= 4 is 20.8 Å². The van der Waals surface area contributed by atoms with Gasteiger partial charge in [-0.25, -0.2) is 8.42 Å². The summed E-state index contributed by atoms with van der Waals surface area (Å²) in [5, 5.41) is 4.99. The van der Waals surface area contributed by atoms with Gasteiger partial charge in [0.15, 0.2) is 0 Å². The molecular weight excluding hydrogens is 284 g/mol. The van der Waals surface area contributed by atoms with E-state index in [1.54, 1.807) is 10.4 Å². The first kappa shape index (κ1) is 14.5. The number of benzene rings is 2. The van der Waals surface area contributed by atoms with E-state index >= 15 is 0 Å². The van der Waals surface area contributed by atoms with Crippen LogP contribution in [0.1, 0.15) is 18.4 Å². The van der Waals surface area contributed by atoms with Crippen molar-refractivity contribution in [3.63, 3.8) is 0 Å². The summed E-state index contributed by atoms with van der Waals surface area (Å²) in [7, 11) is -3.46. The fraction of sp³-hybridized carbons (Fsp3) is 0.375. The highest BCUT2D eigenvalue weighted by atomic mass is 32.2. The Morgan fingerprint density at radius 3 is 2.67 bits per heavy atom. The second-order valence-electron chi connectivity index (χ2n) is 5.47. The molecule has 1 fully saturated rings. The number of sulfonamides is 1. The minimum absolute atomic E-state index is 0.393. The molecule has 1 aliphatic heterocycles. The average molecular weight is 304 g/mol. The van der Waals surface area contributed by atoms with Gasteiger partial charge in [-0.3, -0.25) is 0 Å². The van der Waals surface area contributed by atoms with E-state index in [2.05, 4.69) is 5.32 Å². The van der Waals surface area contributed by atoms with E-state index in [-0.39, 0.29) is 0 Å².